The molecular weight excluding hydrogens is 963 g/mol. The number of allylic oxidation sites excluding steroid dienone is 12. The van der Waals surface area contributed by atoms with E-state index >= 15 is 0 Å². The lowest BCUT2D eigenvalue weighted by molar-refractivity contribution is -0.312. The summed E-state index contributed by atoms with van der Waals surface area (Å²) in [6.07, 6.45) is 5.90. The number of aliphatic hydroxyl groups excluding tert-OH is 9. The Morgan fingerprint density at radius 3 is 1.81 bits per heavy atom. The lowest BCUT2D eigenvalue weighted by Gasteiger charge is -2.47. The van der Waals surface area contributed by atoms with Crippen molar-refractivity contribution in [1.29, 1.82) is 0 Å². The zero-order chi connectivity index (χ0) is 55.0. The summed E-state index contributed by atoms with van der Waals surface area (Å²) in [6, 6.07) is -0.848. The number of cyclic esters (lactones) is 1. The molecular formula is C54H89N3O17. The Hall–Kier alpha value is -3.52. The Morgan fingerprint density at radius 1 is 0.676 bits per heavy atom. The highest BCUT2D eigenvalue weighted by atomic mass is 16.7. The van der Waals surface area contributed by atoms with Gasteiger partial charge in [0.25, 0.3) is 0 Å². The number of nitrogens with zero attached hydrogens (tertiary/aromatic N) is 1. The van der Waals surface area contributed by atoms with Crippen LogP contribution in [0.4, 0.5) is 0 Å². The van der Waals surface area contributed by atoms with Gasteiger partial charge in [-0.1, -0.05) is 98.9 Å². The number of nitrogens with two attached hydrogens (primary N) is 2. The summed E-state index contributed by atoms with van der Waals surface area (Å²) in [5, 5.41) is 112. The molecule has 2 bridgehead atoms. The van der Waals surface area contributed by atoms with Crippen molar-refractivity contribution in [1.82, 2.24) is 4.90 Å². The maximum absolute atomic E-state index is 13.3. The monoisotopic (exact) mass is 1050 g/mol. The van der Waals surface area contributed by atoms with Crippen LogP contribution in [0.5, 0.6) is 0 Å². The Morgan fingerprint density at radius 2 is 1.24 bits per heavy atom. The minimum atomic E-state index is -2.29. The normalized spacial score (nSPS) is 41.5. The smallest absolute Gasteiger partial charge is 0.313 e. The number of aliphatic hydroxyl groups is 10. The third kappa shape index (κ3) is 21.8. The molecule has 3 aliphatic rings. The van der Waals surface area contributed by atoms with E-state index < -0.39 is 147 Å². The van der Waals surface area contributed by atoms with E-state index in [9.17, 15) is 60.7 Å². The minimum absolute atomic E-state index is 0.0993. The molecule has 0 spiro atoms. The van der Waals surface area contributed by atoms with E-state index in [4.69, 9.17) is 35.2 Å². The minimum Gasteiger partial charge on any atom is -0.469 e. The second-order valence-corrected chi connectivity index (χ2v) is 20.0. The molecule has 0 aromatic rings. The van der Waals surface area contributed by atoms with Gasteiger partial charge in [0.05, 0.1) is 86.7 Å². The van der Waals surface area contributed by atoms with Crippen molar-refractivity contribution in [3.63, 3.8) is 0 Å². The van der Waals surface area contributed by atoms with Crippen molar-refractivity contribution < 1.29 is 84.3 Å². The van der Waals surface area contributed by atoms with E-state index in [1.54, 1.807) is 63.3 Å². The van der Waals surface area contributed by atoms with Crippen molar-refractivity contribution in [2.75, 3.05) is 33.3 Å². The molecule has 14 N–H and O–H groups in total. The molecule has 20 nitrogen and oxygen atoms in total. The number of hydrogen-bond donors (Lipinski definition) is 12. The number of ether oxygens (including phenoxy) is 5. The van der Waals surface area contributed by atoms with Gasteiger partial charge in [0.15, 0.2) is 12.1 Å². The van der Waals surface area contributed by atoms with E-state index in [-0.39, 0.29) is 31.6 Å². The SMILES string of the molecule is COC(=O)[C@H]1[C@@H]2C[C@@H](O[C@@H]3O[C@H](C)[C@@H](O)[C@H](N(CCCN)CCCN)[C@@H]3O)/C=C/C=C/C=C/C=C/C=C/C=C/C=C\[C@H](C)[C@@H](O)[C@@H](C)[C@H](C)OC(=O)C[C@H](O)C[C@H](O)CC[C@@H](O)[C@H](O)C[C@H](O)C[C@](O)(C[C@@H]1O)O2. The van der Waals surface area contributed by atoms with E-state index in [1.165, 1.54) is 0 Å². The lowest BCUT2D eigenvalue weighted by Crippen LogP contribution is -2.64. The van der Waals surface area contributed by atoms with Crippen LogP contribution in [0.2, 0.25) is 0 Å². The Kier molecular flexibility index (Phi) is 29.4. The maximum Gasteiger partial charge on any atom is 0.313 e. The first-order chi connectivity index (χ1) is 35.1. The van der Waals surface area contributed by atoms with Gasteiger partial charge in [-0.3, -0.25) is 14.5 Å². The molecule has 0 unspecified atom stereocenters. The molecule has 2 fully saturated rings. The average Bonchev–Trinajstić information content (AvgIpc) is 3.33. The van der Waals surface area contributed by atoms with Crippen LogP contribution in [0.3, 0.4) is 0 Å². The van der Waals surface area contributed by atoms with Gasteiger partial charge in [-0.05, 0) is 72.1 Å². The number of methoxy groups -OCH3 is 1. The molecule has 3 rings (SSSR count). The summed E-state index contributed by atoms with van der Waals surface area (Å²) < 4.78 is 29.3. The summed E-state index contributed by atoms with van der Waals surface area (Å²) in [6.45, 7) is 8.52. The fourth-order valence-corrected chi connectivity index (χ4v) is 9.47. The Labute approximate surface area is 437 Å². The number of fused-ring (bicyclic) bond motifs is 2. The zero-order valence-electron chi connectivity index (χ0n) is 43.8. The van der Waals surface area contributed by atoms with E-state index in [2.05, 4.69) is 0 Å². The number of hydrogen-bond acceptors (Lipinski definition) is 20. The van der Waals surface area contributed by atoms with Crippen molar-refractivity contribution in [2.24, 2.45) is 29.2 Å². The molecule has 0 aromatic heterocycles. The van der Waals surface area contributed by atoms with Crippen LogP contribution in [0.1, 0.15) is 91.9 Å². The molecule has 422 valence electrons. The van der Waals surface area contributed by atoms with Crippen molar-refractivity contribution in [2.45, 2.75) is 189 Å². The van der Waals surface area contributed by atoms with Gasteiger partial charge in [0.1, 0.15) is 18.1 Å². The molecule has 0 amide bonds. The number of carbonyl (C=O) groups excluding carboxylic acids is 2. The second kappa shape index (κ2) is 33.6. The molecule has 3 aliphatic heterocycles. The van der Waals surface area contributed by atoms with Crippen molar-refractivity contribution >= 4 is 11.9 Å². The largest absolute Gasteiger partial charge is 0.469 e. The van der Waals surface area contributed by atoms with Gasteiger partial charge in [0.2, 0.25) is 0 Å². The van der Waals surface area contributed by atoms with Gasteiger partial charge in [-0.25, -0.2) is 0 Å². The average molecular weight is 1050 g/mol. The van der Waals surface area contributed by atoms with E-state index in [0.717, 1.165) is 7.11 Å². The summed E-state index contributed by atoms with van der Waals surface area (Å²) in [7, 11) is 1.13. The molecule has 19 atom stereocenters. The van der Waals surface area contributed by atoms with E-state index in [0.29, 0.717) is 39.0 Å². The Bertz CT molecular complexity index is 1840. The first-order valence-electron chi connectivity index (χ1n) is 26.1. The summed E-state index contributed by atoms with van der Waals surface area (Å²) in [5.41, 5.74) is 11.7. The summed E-state index contributed by atoms with van der Waals surface area (Å²) in [4.78, 5) is 27.9. The lowest BCUT2D eigenvalue weighted by atomic mass is 9.82. The molecule has 3 heterocycles. The van der Waals surface area contributed by atoms with Crippen LogP contribution in [-0.4, -0.2) is 199 Å². The maximum atomic E-state index is 13.3. The van der Waals surface area contributed by atoms with Crippen LogP contribution in [-0.2, 0) is 33.3 Å². The zero-order valence-corrected chi connectivity index (χ0v) is 43.8. The summed E-state index contributed by atoms with van der Waals surface area (Å²) >= 11 is 0. The first kappa shape index (κ1) is 64.8. The second-order valence-electron chi connectivity index (χ2n) is 20.0. The van der Waals surface area contributed by atoms with Crippen molar-refractivity contribution in [3.05, 3.63) is 85.1 Å². The molecule has 20 heteroatoms. The fraction of sp³-hybridized carbons (Fsp3) is 0.704. The van der Waals surface area contributed by atoms with Gasteiger partial charge < -0.3 is 86.2 Å². The molecule has 0 aromatic carbocycles. The highest BCUT2D eigenvalue weighted by Crippen LogP contribution is 2.39. The molecule has 0 radical (unpaired) electrons. The predicted molar refractivity (Wildman–Crippen MR) is 276 cm³/mol. The number of rotatable bonds is 10. The third-order valence-electron chi connectivity index (χ3n) is 13.8. The van der Waals surface area contributed by atoms with Crippen LogP contribution in [0.25, 0.3) is 0 Å². The fourth-order valence-electron chi connectivity index (χ4n) is 9.47. The first-order valence-corrected chi connectivity index (χ1v) is 26.1. The molecule has 2 saturated heterocycles. The van der Waals surface area contributed by atoms with Crippen LogP contribution in [0.15, 0.2) is 85.1 Å². The van der Waals surface area contributed by atoms with Crippen LogP contribution in [0, 0.1) is 17.8 Å². The quantitative estimate of drug-likeness (QED) is 0.135. The highest BCUT2D eigenvalue weighted by molar-refractivity contribution is 5.74. The standard InChI is InChI=1S/C54H89N3O17/c1-34-20-16-14-12-10-8-6-7-9-11-13-15-17-21-41(73-53-51(67)48(50(66)37(4)72-53)57(26-18-24-55)27-19-25-56)31-45-47(52(68)70-5)44(63)33-54(69,74-45)32-40(60)29-43(62)42(61)23-22-38(58)28-39(59)30-46(64)71-36(3)35(2)49(34)65/h6-17,20-21,34-45,47-51,53,58-63,65-67,69H,18-19,22-33,55-56H2,1-5H3/b7-6+,10-8+,11-9+,14-12+,15-13+,20-16-,21-17+/t34-,35-,36-,37+,38+,39+,40-,41-,42+,43+,44-,45-,47+,48-,49+,50+,51-,53-,54+/m0/s1. The third-order valence-corrected chi connectivity index (χ3v) is 13.8. The molecule has 0 aliphatic carbocycles. The van der Waals surface area contributed by atoms with Crippen LogP contribution < -0.4 is 11.5 Å². The number of carbonyl (C=O) groups is 2. The Balaban J connectivity index is 1.96. The topological polar surface area (TPSA) is 338 Å². The molecule has 0 saturated carbocycles. The van der Waals surface area contributed by atoms with Gasteiger partial charge in [-0.2, -0.15) is 0 Å². The predicted octanol–water partition coefficient (Wildman–Crippen LogP) is 0.841. The van der Waals surface area contributed by atoms with Crippen molar-refractivity contribution in [3.8, 4) is 0 Å². The van der Waals surface area contributed by atoms with Gasteiger partial charge in [-0.15, -0.1) is 0 Å². The van der Waals surface area contributed by atoms with Gasteiger partial charge >= 0.3 is 11.9 Å². The summed E-state index contributed by atoms with van der Waals surface area (Å²) in [5.74, 6) is -5.98. The van der Waals surface area contributed by atoms with Crippen LogP contribution >= 0.6 is 0 Å². The van der Waals surface area contributed by atoms with E-state index in [1.807, 2.05) is 54.4 Å². The van der Waals surface area contributed by atoms with Gasteiger partial charge in [0, 0.05) is 37.5 Å². The molecule has 74 heavy (non-hydrogen) atoms. The highest BCUT2D eigenvalue weighted by Gasteiger charge is 2.52. The number of esters is 2.